The zero-order chi connectivity index (χ0) is 13.7. The summed E-state index contributed by atoms with van der Waals surface area (Å²) in [6.45, 7) is 2.92. The van der Waals surface area contributed by atoms with E-state index in [1.54, 1.807) is 7.11 Å². The van der Waals surface area contributed by atoms with Gasteiger partial charge in [0.05, 0.1) is 7.11 Å². The molecule has 0 fully saturated rings. The van der Waals surface area contributed by atoms with E-state index in [1.165, 1.54) is 0 Å². The molecule has 19 heavy (non-hydrogen) atoms. The molecule has 0 spiro atoms. The van der Waals surface area contributed by atoms with Gasteiger partial charge in [0.25, 0.3) is 0 Å². The van der Waals surface area contributed by atoms with Crippen molar-refractivity contribution >= 4 is 0 Å². The molecule has 0 atom stereocenters. The van der Waals surface area contributed by atoms with Crippen LogP contribution >= 0.6 is 0 Å². The summed E-state index contributed by atoms with van der Waals surface area (Å²) < 4.78 is 10.8. The van der Waals surface area contributed by atoms with Gasteiger partial charge in [-0.1, -0.05) is 18.2 Å². The van der Waals surface area contributed by atoms with Crippen molar-refractivity contribution in [3.8, 4) is 11.6 Å². The number of nitrogens with zero attached hydrogens (tertiary/aromatic N) is 1. The van der Waals surface area contributed by atoms with E-state index in [-0.39, 0.29) is 0 Å². The van der Waals surface area contributed by atoms with E-state index in [0.29, 0.717) is 19.0 Å². The van der Waals surface area contributed by atoms with Crippen molar-refractivity contribution in [2.24, 2.45) is 5.73 Å². The smallest absolute Gasteiger partial charge is 0.213 e. The predicted octanol–water partition coefficient (Wildman–Crippen LogP) is 2.44. The number of hydrogen-bond acceptors (Lipinski definition) is 4. The summed E-state index contributed by atoms with van der Waals surface area (Å²) in [5.74, 6) is 1.45. The van der Waals surface area contributed by atoms with Gasteiger partial charge in [-0.05, 0) is 30.2 Å². The second kappa shape index (κ2) is 6.20. The van der Waals surface area contributed by atoms with Crippen molar-refractivity contribution < 1.29 is 9.47 Å². The van der Waals surface area contributed by atoms with E-state index in [0.717, 1.165) is 22.6 Å². The second-order valence-corrected chi connectivity index (χ2v) is 4.23. The summed E-state index contributed by atoms with van der Waals surface area (Å²) in [6.07, 6.45) is 0. The first-order chi connectivity index (χ1) is 9.22. The lowest BCUT2D eigenvalue weighted by Crippen LogP contribution is -2.03. The summed E-state index contributed by atoms with van der Waals surface area (Å²) in [6, 6.07) is 11.6. The Morgan fingerprint density at radius 2 is 1.84 bits per heavy atom. The third-order valence-electron chi connectivity index (χ3n) is 2.94. The van der Waals surface area contributed by atoms with Crippen molar-refractivity contribution in [2.75, 3.05) is 7.11 Å². The van der Waals surface area contributed by atoms with Crippen LogP contribution in [0.1, 0.15) is 16.8 Å². The van der Waals surface area contributed by atoms with Gasteiger partial charge in [0.2, 0.25) is 5.88 Å². The van der Waals surface area contributed by atoms with E-state index in [1.807, 2.05) is 43.3 Å². The van der Waals surface area contributed by atoms with Crippen LogP contribution in [0.4, 0.5) is 0 Å². The number of aromatic nitrogens is 1. The molecule has 0 unspecified atom stereocenters. The highest BCUT2D eigenvalue weighted by molar-refractivity contribution is 5.28. The maximum Gasteiger partial charge on any atom is 0.213 e. The van der Waals surface area contributed by atoms with Crippen LogP contribution in [0.2, 0.25) is 0 Å². The van der Waals surface area contributed by atoms with Gasteiger partial charge in [0.1, 0.15) is 12.4 Å². The number of aryl methyl sites for hydroxylation is 1. The Hall–Kier alpha value is -2.07. The SMILES string of the molecule is COc1ccc(COc2ccc(CN)c(C)n2)cc1. The van der Waals surface area contributed by atoms with Gasteiger partial charge in [0.15, 0.2) is 0 Å². The Labute approximate surface area is 113 Å². The molecule has 0 aliphatic carbocycles. The molecule has 2 aromatic rings. The summed E-state index contributed by atoms with van der Waals surface area (Å²) in [5.41, 5.74) is 8.62. The first kappa shape index (κ1) is 13.4. The third-order valence-corrected chi connectivity index (χ3v) is 2.94. The van der Waals surface area contributed by atoms with Crippen LogP contribution < -0.4 is 15.2 Å². The van der Waals surface area contributed by atoms with E-state index >= 15 is 0 Å². The molecule has 0 saturated carbocycles. The van der Waals surface area contributed by atoms with Crippen molar-refractivity contribution in [1.29, 1.82) is 0 Å². The highest BCUT2D eigenvalue weighted by Gasteiger charge is 2.02. The zero-order valence-electron chi connectivity index (χ0n) is 11.2. The number of benzene rings is 1. The lowest BCUT2D eigenvalue weighted by Gasteiger charge is -2.08. The third kappa shape index (κ3) is 3.45. The van der Waals surface area contributed by atoms with Crippen LogP contribution in [0, 0.1) is 6.92 Å². The minimum Gasteiger partial charge on any atom is -0.497 e. The predicted molar refractivity (Wildman–Crippen MR) is 74.2 cm³/mol. The molecule has 2 N–H and O–H groups in total. The summed E-state index contributed by atoms with van der Waals surface area (Å²) in [5, 5.41) is 0. The molecular formula is C15H18N2O2. The highest BCUT2D eigenvalue weighted by atomic mass is 16.5. The minimum atomic E-state index is 0.485. The first-order valence-electron chi connectivity index (χ1n) is 6.15. The molecule has 0 saturated heterocycles. The molecule has 1 heterocycles. The lowest BCUT2D eigenvalue weighted by atomic mass is 10.2. The van der Waals surface area contributed by atoms with Crippen molar-refractivity contribution in [1.82, 2.24) is 4.98 Å². The average Bonchev–Trinajstić information content (AvgIpc) is 2.46. The van der Waals surface area contributed by atoms with Crippen LogP contribution in [0.3, 0.4) is 0 Å². The van der Waals surface area contributed by atoms with Crippen LogP contribution in [0.15, 0.2) is 36.4 Å². The van der Waals surface area contributed by atoms with Crippen molar-refractivity contribution in [2.45, 2.75) is 20.1 Å². The zero-order valence-corrected chi connectivity index (χ0v) is 11.2. The van der Waals surface area contributed by atoms with Gasteiger partial charge in [-0.15, -0.1) is 0 Å². The number of pyridine rings is 1. The molecule has 0 amide bonds. The van der Waals surface area contributed by atoms with E-state index in [9.17, 15) is 0 Å². The summed E-state index contributed by atoms with van der Waals surface area (Å²) in [4.78, 5) is 4.37. The summed E-state index contributed by atoms with van der Waals surface area (Å²) >= 11 is 0. The molecule has 2 rings (SSSR count). The van der Waals surface area contributed by atoms with Crippen LogP contribution in [0.25, 0.3) is 0 Å². The van der Waals surface area contributed by atoms with Gasteiger partial charge >= 0.3 is 0 Å². The fourth-order valence-electron chi connectivity index (χ4n) is 1.74. The Bertz CT molecular complexity index is 538. The molecular weight excluding hydrogens is 240 g/mol. The Balaban J connectivity index is 1.99. The standard InChI is InChI=1S/C15H18N2O2/c1-11-13(9-16)5-8-15(17-11)19-10-12-3-6-14(18-2)7-4-12/h3-8H,9-10,16H2,1-2H3. The monoisotopic (exact) mass is 258 g/mol. The number of rotatable bonds is 5. The van der Waals surface area contributed by atoms with Gasteiger partial charge in [-0.25, -0.2) is 4.98 Å². The van der Waals surface area contributed by atoms with Gasteiger partial charge < -0.3 is 15.2 Å². The molecule has 0 aliphatic rings. The molecule has 1 aromatic heterocycles. The molecule has 0 aliphatic heterocycles. The van der Waals surface area contributed by atoms with Crippen molar-refractivity contribution in [3.05, 3.63) is 53.2 Å². The van der Waals surface area contributed by atoms with Crippen LogP contribution in [-0.2, 0) is 13.2 Å². The molecule has 100 valence electrons. The second-order valence-electron chi connectivity index (χ2n) is 4.23. The topological polar surface area (TPSA) is 57.4 Å². The Morgan fingerprint density at radius 3 is 2.42 bits per heavy atom. The number of hydrogen-bond donors (Lipinski definition) is 1. The van der Waals surface area contributed by atoms with E-state index < -0.39 is 0 Å². The first-order valence-corrected chi connectivity index (χ1v) is 6.15. The van der Waals surface area contributed by atoms with Crippen molar-refractivity contribution in [3.63, 3.8) is 0 Å². The minimum absolute atomic E-state index is 0.485. The molecule has 4 nitrogen and oxygen atoms in total. The maximum absolute atomic E-state index is 5.65. The van der Waals surface area contributed by atoms with Crippen LogP contribution in [-0.4, -0.2) is 12.1 Å². The Morgan fingerprint density at radius 1 is 1.11 bits per heavy atom. The fourth-order valence-corrected chi connectivity index (χ4v) is 1.74. The Kier molecular flexibility index (Phi) is 4.36. The largest absolute Gasteiger partial charge is 0.497 e. The quantitative estimate of drug-likeness (QED) is 0.895. The number of methoxy groups -OCH3 is 1. The van der Waals surface area contributed by atoms with Gasteiger partial charge in [0, 0.05) is 18.3 Å². The van der Waals surface area contributed by atoms with E-state index in [4.69, 9.17) is 15.2 Å². The molecule has 0 bridgehead atoms. The molecule has 1 aromatic carbocycles. The fraction of sp³-hybridized carbons (Fsp3) is 0.267. The van der Waals surface area contributed by atoms with Gasteiger partial charge in [-0.2, -0.15) is 0 Å². The normalized spacial score (nSPS) is 10.3. The maximum atomic E-state index is 5.65. The number of ether oxygens (including phenoxy) is 2. The lowest BCUT2D eigenvalue weighted by molar-refractivity contribution is 0.293. The van der Waals surface area contributed by atoms with Crippen LogP contribution in [0.5, 0.6) is 11.6 Å². The summed E-state index contributed by atoms with van der Waals surface area (Å²) in [7, 11) is 1.65. The van der Waals surface area contributed by atoms with Gasteiger partial charge in [-0.3, -0.25) is 0 Å². The highest BCUT2D eigenvalue weighted by Crippen LogP contribution is 2.15. The molecule has 0 radical (unpaired) electrons. The number of nitrogens with two attached hydrogens (primary N) is 1. The van der Waals surface area contributed by atoms with E-state index in [2.05, 4.69) is 4.98 Å². The average molecular weight is 258 g/mol. The molecule has 4 heteroatoms.